The molecule has 1 unspecified atom stereocenters. The molecule has 6 heteroatoms. The first kappa shape index (κ1) is 14.9. The molecule has 0 saturated heterocycles. The molecule has 1 aromatic rings. The maximum atomic E-state index is 13.3. The standard InChI is InChI=1S/C13H16FNO4/c1-9(13(18)15-8-4-7-12(16)17)19-11-6-3-2-5-10(11)14/h2-3,5-6,9H,4,7-8H2,1H3,(H,15,18)(H,16,17). The van der Waals surface area contributed by atoms with E-state index in [4.69, 9.17) is 9.84 Å². The van der Waals surface area contributed by atoms with E-state index in [-0.39, 0.29) is 18.7 Å². The molecule has 1 rings (SSSR count). The van der Waals surface area contributed by atoms with Gasteiger partial charge in [0.15, 0.2) is 17.7 Å². The summed E-state index contributed by atoms with van der Waals surface area (Å²) in [5.74, 6) is -1.85. The zero-order valence-electron chi connectivity index (χ0n) is 10.6. The first-order chi connectivity index (χ1) is 9.00. The van der Waals surface area contributed by atoms with Gasteiger partial charge in [0, 0.05) is 13.0 Å². The fraction of sp³-hybridized carbons (Fsp3) is 0.385. The number of carbonyl (C=O) groups is 2. The molecule has 5 nitrogen and oxygen atoms in total. The summed E-state index contributed by atoms with van der Waals surface area (Å²) in [5.41, 5.74) is 0. The third-order valence-electron chi connectivity index (χ3n) is 2.38. The van der Waals surface area contributed by atoms with E-state index in [1.807, 2.05) is 0 Å². The number of nitrogens with one attached hydrogen (secondary N) is 1. The number of carboxylic acids is 1. The lowest BCUT2D eigenvalue weighted by atomic mass is 10.3. The molecule has 0 fully saturated rings. The number of benzene rings is 1. The van der Waals surface area contributed by atoms with Gasteiger partial charge in [0.05, 0.1) is 0 Å². The minimum Gasteiger partial charge on any atom is -0.481 e. The Kier molecular flexibility index (Phi) is 5.78. The van der Waals surface area contributed by atoms with Crippen LogP contribution in [0.15, 0.2) is 24.3 Å². The lowest BCUT2D eigenvalue weighted by Gasteiger charge is -2.14. The fourth-order valence-electron chi connectivity index (χ4n) is 1.38. The van der Waals surface area contributed by atoms with Crippen molar-refractivity contribution in [2.75, 3.05) is 6.54 Å². The molecule has 104 valence electrons. The zero-order chi connectivity index (χ0) is 14.3. The molecule has 0 spiro atoms. The normalized spacial score (nSPS) is 11.7. The van der Waals surface area contributed by atoms with E-state index in [9.17, 15) is 14.0 Å². The Morgan fingerprint density at radius 2 is 2.11 bits per heavy atom. The molecule has 1 amide bonds. The number of carbonyl (C=O) groups excluding carboxylic acids is 1. The third kappa shape index (κ3) is 5.37. The van der Waals surface area contributed by atoms with Gasteiger partial charge < -0.3 is 15.2 Å². The van der Waals surface area contributed by atoms with Crippen LogP contribution in [0.2, 0.25) is 0 Å². The first-order valence-corrected chi connectivity index (χ1v) is 5.91. The van der Waals surface area contributed by atoms with Gasteiger partial charge in [-0.25, -0.2) is 4.39 Å². The number of rotatable bonds is 7. The molecule has 2 N–H and O–H groups in total. The zero-order valence-corrected chi connectivity index (χ0v) is 10.6. The van der Waals surface area contributed by atoms with Crippen LogP contribution in [0, 0.1) is 5.82 Å². The van der Waals surface area contributed by atoms with Crippen LogP contribution >= 0.6 is 0 Å². The number of halogens is 1. The Hall–Kier alpha value is -2.11. The second kappa shape index (κ2) is 7.35. The molecule has 0 saturated carbocycles. The van der Waals surface area contributed by atoms with Crippen molar-refractivity contribution in [3.8, 4) is 5.75 Å². The van der Waals surface area contributed by atoms with Crippen LogP contribution in [-0.2, 0) is 9.59 Å². The maximum Gasteiger partial charge on any atom is 0.303 e. The molecule has 0 bridgehead atoms. The Labute approximate surface area is 110 Å². The van der Waals surface area contributed by atoms with E-state index in [1.165, 1.54) is 25.1 Å². The van der Waals surface area contributed by atoms with Crippen LogP contribution in [0.25, 0.3) is 0 Å². The van der Waals surface area contributed by atoms with Gasteiger partial charge in [-0.05, 0) is 25.5 Å². The SMILES string of the molecule is CC(Oc1ccccc1F)C(=O)NCCCC(=O)O. The highest BCUT2D eigenvalue weighted by atomic mass is 19.1. The highest BCUT2D eigenvalue weighted by Gasteiger charge is 2.15. The summed E-state index contributed by atoms with van der Waals surface area (Å²) < 4.78 is 18.5. The van der Waals surface area contributed by atoms with Gasteiger partial charge in [-0.1, -0.05) is 12.1 Å². The summed E-state index contributed by atoms with van der Waals surface area (Å²) in [4.78, 5) is 21.9. The van der Waals surface area contributed by atoms with E-state index in [0.29, 0.717) is 6.42 Å². The predicted octanol–water partition coefficient (Wildman–Crippen LogP) is 1.57. The number of carboxylic acid groups (broad SMARTS) is 1. The maximum absolute atomic E-state index is 13.3. The average molecular weight is 269 g/mol. The van der Waals surface area contributed by atoms with Crippen LogP contribution in [0.4, 0.5) is 4.39 Å². The molecule has 19 heavy (non-hydrogen) atoms. The molecule has 1 atom stereocenters. The summed E-state index contributed by atoms with van der Waals surface area (Å²) in [6.45, 7) is 1.75. The summed E-state index contributed by atoms with van der Waals surface area (Å²) in [6.07, 6.45) is -0.516. The summed E-state index contributed by atoms with van der Waals surface area (Å²) in [5, 5.41) is 11.0. The molecule has 1 aromatic carbocycles. The van der Waals surface area contributed by atoms with Gasteiger partial charge in [0.2, 0.25) is 0 Å². The summed E-state index contributed by atoms with van der Waals surface area (Å²) >= 11 is 0. The van der Waals surface area contributed by atoms with Gasteiger partial charge in [-0.3, -0.25) is 9.59 Å². The molecular formula is C13H16FNO4. The van der Waals surface area contributed by atoms with Crippen molar-refractivity contribution in [3.05, 3.63) is 30.1 Å². The second-order valence-corrected chi connectivity index (χ2v) is 3.98. The van der Waals surface area contributed by atoms with Crippen molar-refractivity contribution >= 4 is 11.9 Å². The van der Waals surface area contributed by atoms with Crippen molar-refractivity contribution in [2.24, 2.45) is 0 Å². The fourth-order valence-corrected chi connectivity index (χ4v) is 1.38. The predicted molar refractivity (Wildman–Crippen MR) is 66.4 cm³/mol. The molecule has 0 radical (unpaired) electrons. The Morgan fingerprint density at radius 3 is 2.74 bits per heavy atom. The van der Waals surface area contributed by atoms with E-state index < -0.39 is 23.8 Å². The molecule has 0 heterocycles. The first-order valence-electron chi connectivity index (χ1n) is 5.91. The topological polar surface area (TPSA) is 75.6 Å². The Bertz CT molecular complexity index is 450. The highest BCUT2D eigenvalue weighted by molar-refractivity contribution is 5.80. The van der Waals surface area contributed by atoms with E-state index >= 15 is 0 Å². The lowest BCUT2D eigenvalue weighted by Crippen LogP contribution is -2.37. The van der Waals surface area contributed by atoms with Gasteiger partial charge in [-0.15, -0.1) is 0 Å². The lowest BCUT2D eigenvalue weighted by molar-refractivity contribution is -0.137. The van der Waals surface area contributed by atoms with Crippen molar-refractivity contribution in [1.29, 1.82) is 0 Å². The van der Waals surface area contributed by atoms with E-state index in [1.54, 1.807) is 6.07 Å². The average Bonchev–Trinajstić information content (AvgIpc) is 2.36. The molecular weight excluding hydrogens is 253 g/mol. The summed E-state index contributed by atoms with van der Waals surface area (Å²) in [7, 11) is 0. The summed E-state index contributed by atoms with van der Waals surface area (Å²) in [6, 6.07) is 5.81. The van der Waals surface area contributed by atoms with E-state index in [0.717, 1.165) is 0 Å². The van der Waals surface area contributed by atoms with Gasteiger partial charge in [0.1, 0.15) is 0 Å². The molecule has 0 aromatic heterocycles. The van der Waals surface area contributed by atoms with Crippen LogP contribution in [-0.4, -0.2) is 29.6 Å². The van der Waals surface area contributed by atoms with E-state index in [2.05, 4.69) is 5.32 Å². The van der Waals surface area contributed by atoms with Crippen molar-refractivity contribution in [1.82, 2.24) is 5.32 Å². The minimum atomic E-state index is -0.912. The number of hydrogen-bond donors (Lipinski definition) is 2. The van der Waals surface area contributed by atoms with Crippen LogP contribution in [0.5, 0.6) is 5.75 Å². The molecule has 0 aliphatic carbocycles. The highest BCUT2D eigenvalue weighted by Crippen LogP contribution is 2.16. The molecule has 0 aliphatic heterocycles. The number of hydrogen-bond acceptors (Lipinski definition) is 3. The minimum absolute atomic E-state index is 0.00989. The third-order valence-corrected chi connectivity index (χ3v) is 2.38. The Balaban J connectivity index is 2.37. The monoisotopic (exact) mass is 269 g/mol. The molecule has 0 aliphatic rings. The van der Waals surface area contributed by atoms with Gasteiger partial charge in [0.25, 0.3) is 5.91 Å². The van der Waals surface area contributed by atoms with Crippen LogP contribution < -0.4 is 10.1 Å². The smallest absolute Gasteiger partial charge is 0.303 e. The van der Waals surface area contributed by atoms with Crippen molar-refractivity contribution < 1.29 is 23.8 Å². The second-order valence-electron chi connectivity index (χ2n) is 3.98. The largest absolute Gasteiger partial charge is 0.481 e. The quantitative estimate of drug-likeness (QED) is 0.737. The number of ether oxygens (including phenoxy) is 1. The number of aliphatic carboxylic acids is 1. The van der Waals surface area contributed by atoms with Crippen LogP contribution in [0.1, 0.15) is 19.8 Å². The van der Waals surface area contributed by atoms with Gasteiger partial charge >= 0.3 is 5.97 Å². The van der Waals surface area contributed by atoms with Crippen molar-refractivity contribution in [3.63, 3.8) is 0 Å². The van der Waals surface area contributed by atoms with Crippen LogP contribution in [0.3, 0.4) is 0 Å². The number of amides is 1. The Morgan fingerprint density at radius 1 is 1.42 bits per heavy atom. The van der Waals surface area contributed by atoms with Crippen molar-refractivity contribution in [2.45, 2.75) is 25.9 Å². The number of para-hydroxylation sites is 1. The van der Waals surface area contributed by atoms with Gasteiger partial charge in [-0.2, -0.15) is 0 Å².